The molecule has 5 fully saturated rings. The third kappa shape index (κ3) is 0.779. The molecule has 0 aromatic heterocycles. The third-order valence-corrected chi connectivity index (χ3v) is 6.14. The summed E-state index contributed by atoms with van der Waals surface area (Å²) in [7, 11) is 0. The lowest BCUT2D eigenvalue weighted by molar-refractivity contribution is -0.194. The molecular weight excluding hydrogens is 204 g/mol. The van der Waals surface area contributed by atoms with Crippen molar-refractivity contribution in [1.29, 1.82) is 0 Å². The standard InChI is InChI=1S/C13H18O3/c14-9-2-1-8-7-5-6-3-4-13(8,9)10(6)12(16)11(7)15/h6-8,10-12,15-16H,1-5H2/t6-,7-,8-,10-,11-,12+,13+/m1/s1. The molecule has 3 heteroatoms. The maximum absolute atomic E-state index is 12.2. The van der Waals surface area contributed by atoms with Gasteiger partial charge in [0.2, 0.25) is 0 Å². The van der Waals surface area contributed by atoms with E-state index >= 15 is 0 Å². The van der Waals surface area contributed by atoms with Crippen molar-refractivity contribution in [1.82, 2.24) is 0 Å². The van der Waals surface area contributed by atoms with Crippen molar-refractivity contribution in [3.8, 4) is 0 Å². The molecule has 7 atom stereocenters. The van der Waals surface area contributed by atoms with E-state index in [4.69, 9.17) is 0 Å². The average Bonchev–Trinajstić information content (AvgIpc) is 2.76. The molecule has 0 aromatic carbocycles. The summed E-state index contributed by atoms with van der Waals surface area (Å²) in [6, 6.07) is 0. The van der Waals surface area contributed by atoms with Crippen molar-refractivity contribution >= 4 is 5.78 Å². The van der Waals surface area contributed by atoms with E-state index in [1.165, 1.54) is 0 Å². The number of hydrogen-bond acceptors (Lipinski definition) is 3. The molecule has 0 radical (unpaired) electrons. The fraction of sp³-hybridized carbons (Fsp3) is 0.923. The van der Waals surface area contributed by atoms with Crippen molar-refractivity contribution in [3.63, 3.8) is 0 Å². The Balaban J connectivity index is 1.90. The quantitative estimate of drug-likeness (QED) is 0.635. The molecule has 0 amide bonds. The number of hydrogen-bond donors (Lipinski definition) is 2. The Morgan fingerprint density at radius 2 is 2.00 bits per heavy atom. The van der Waals surface area contributed by atoms with Crippen LogP contribution in [0, 0.1) is 29.1 Å². The molecular formula is C13H18O3. The van der Waals surface area contributed by atoms with Gasteiger partial charge in [-0.25, -0.2) is 0 Å². The van der Waals surface area contributed by atoms with Gasteiger partial charge >= 0.3 is 0 Å². The van der Waals surface area contributed by atoms with Gasteiger partial charge in [-0.2, -0.15) is 0 Å². The fourth-order valence-electron chi connectivity index (χ4n) is 5.73. The van der Waals surface area contributed by atoms with Gasteiger partial charge in [0, 0.05) is 17.8 Å². The summed E-state index contributed by atoms with van der Waals surface area (Å²) in [5.41, 5.74) is -0.216. The second-order valence-electron chi connectivity index (χ2n) is 6.31. The summed E-state index contributed by atoms with van der Waals surface area (Å²) in [6.45, 7) is 0. The van der Waals surface area contributed by atoms with Crippen LogP contribution in [0.4, 0.5) is 0 Å². The normalized spacial score (nSPS) is 62.8. The molecule has 2 N–H and O–H groups in total. The van der Waals surface area contributed by atoms with Gasteiger partial charge < -0.3 is 10.2 Å². The molecule has 4 bridgehead atoms. The minimum Gasteiger partial charge on any atom is -0.390 e. The molecule has 16 heavy (non-hydrogen) atoms. The minimum atomic E-state index is -0.635. The van der Waals surface area contributed by atoms with Crippen LogP contribution in [0.1, 0.15) is 32.1 Å². The fourth-order valence-corrected chi connectivity index (χ4v) is 5.73. The molecule has 3 nitrogen and oxygen atoms in total. The first-order chi connectivity index (χ1) is 7.66. The van der Waals surface area contributed by atoms with Crippen molar-refractivity contribution in [3.05, 3.63) is 0 Å². The Bertz CT molecular complexity index is 366. The molecule has 5 rings (SSSR count). The number of aliphatic hydroxyl groups excluding tert-OH is 2. The highest BCUT2D eigenvalue weighted by molar-refractivity contribution is 5.88. The van der Waals surface area contributed by atoms with Gasteiger partial charge in [-0.3, -0.25) is 4.79 Å². The highest BCUT2D eigenvalue weighted by Crippen LogP contribution is 2.69. The number of carbonyl (C=O) groups is 1. The molecule has 5 saturated carbocycles. The predicted octanol–water partition coefficient (Wildman–Crippen LogP) is 0.733. The third-order valence-electron chi connectivity index (χ3n) is 6.14. The summed E-state index contributed by atoms with van der Waals surface area (Å²) in [4.78, 5) is 12.2. The predicted molar refractivity (Wildman–Crippen MR) is 56.5 cm³/mol. The van der Waals surface area contributed by atoms with Crippen molar-refractivity contribution in [2.45, 2.75) is 44.3 Å². The number of carbonyl (C=O) groups excluding carboxylic acids is 1. The van der Waals surface area contributed by atoms with Gasteiger partial charge in [-0.15, -0.1) is 0 Å². The van der Waals surface area contributed by atoms with E-state index in [0.29, 0.717) is 24.0 Å². The van der Waals surface area contributed by atoms with Crippen LogP contribution in [0.2, 0.25) is 0 Å². The summed E-state index contributed by atoms with van der Waals surface area (Å²) < 4.78 is 0. The highest BCUT2D eigenvalue weighted by Gasteiger charge is 2.71. The van der Waals surface area contributed by atoms with Crippen molar-refractivity contribution < 1.29 is 15.0 Å². The summed E-state index contributed by atoms with van der Waals surface area (Å²) in [5.74, 6) is 1.54. The first kappa shape index (κ1) is 9.60. The topological polar surface area (TPSA) is 57.5 Å². The molecule has 0 heterocycles. The van der Waals surface area contributed by atoms with Crippen LogP contribution in [0.25, 0.3) is 0 Å². The van der Waals surface area contributed by atoms with Crippen LogP contribution >= 0.6 is 0 Å². The average molecular weight is 222 g/mol. The summed E-state index contributed by atoms with van der Waals surface area (Å²) in [5, 5.41) is 20.3. The van der Waals surface area contributed by atoms with E-state index in [1.807, 2.05) is 0 Å². The first-order valence-electron chi connectivity index (χ1n) is 6.55. The first-order valence-corrected chi connectivity index (χ1v) is 6.55. The summed E-state index contributed by atoms with van der Waals surface area (Å²) in [6.07, 6.45) is 3.55. The van der Waals surface area contributed by atoms with E-state index in [2.05, 4.69) is 0 Å². The van der Waals surface area contributed by atoms with E-state index in [0.717, 1.165) is 25.7 Å². The monoisotopic (exact) mass is 222 g/mol. The molecule has 1 spiro atoms. The van der Waals surface area contributed by atoms with Crippen molar-refractivity contribution in [2.75, 3.05) is 0 Å². The van der Waals surface area contributed by atoms with E-state index < -0.39 is 12.2 Å². The molecule has 88 valence electrons. The maximum Gasteiger partial charge on any atom is 0.139 e. The van der Waals surface area contributed by atoms with E-state index in [1.54, 1.807) is 0 Å². The van der Waals surface area contributed by atoms with Crippen LogP contribution in [0.3, 0.4) is 0 Å². The maximum atomic E-state index is 12.2. The second kappa shape index (κ2) is 2.70. The lowest BCUT2D eigenvalue weighted by Crippen LogP contribution is -2.62. The number of aliphatic hydroxyl groups is 2. The molecule has 0 aliphatic heterocycles. The lowest BCUT2D eigenvalue weighted by Gasteiger charge is -2.56. The Kier molecular flexibility index (Phi) is 1.62. The number of Topliss-reactive ketones (excluding diaryl/α,β-unsaturated/α-hetero) is 1. The van der Waals surface area contributed by atoms with Gasteiger partial charge in [-0.05, 0) is 43.4 Å². The summed E-state index contributed by atoms with van der Waals surface area (Å²) >= 11 is 0. The Hall–Kier alpha value is -0.410. The molecule has 0 aromatic rings. The van der Waals surface area contributed by atoms with Gasteiger partial charge in [0.25, 0.3) is 0 Å². The lowest BCUT2D eigenvalue weighted by atomic mass is 9.49. The van der Waals surface area contributed by atoms with E-state index in [9.17, 15) is 15.0 Å². The minimum absolute atomic E-state index is 0.0764. The largest absolute Gasteiger partial charge is 0.390 e. The Morgan fingerprint density at radius 3 is 2.81 bits per heavy atom. The van der Waals surface area contributed by atoms with Crippen LogP contribution in [-0.2, 0) is 4.79 Å². The Morgan fingerprint density at radius 1 is 1.19 bits per heavy atom. The van der Waals surface area contributed by atoms with E-state index in [-0.39, 0.29) is 17.3 Å². The number of fused-ring (bicyclic) bond motifs is 1. The Labute approximate surface area is 94.8 Å². The molecule has 0 saturated heterocycles. The van der Waals surface area contributed by atoms with Crippen LogP contribution in [0.5, 0.6) is 0 Å². The van der Waals surface area contributed by atoms with Gasteiger partial charge in [0.1, 0.15) is 5.78 Å². The zero-order valence-corrected chi connectivity index (χ0v) is 9.30. The van der Waals surface area contributed by atoms with Crippen LogP contribution in [0.15, 0.2) is 0 Å². The molecule has 5 aliphatic carbocycles. The highest BCUT2D eigenvalue weighted by atomic mass is 16.3. The molecule has 0 unspecified atom stereocenters. The smallest absolute Gasteiger partial charge is 0.139 e. The van der Waals surface area contributed by atoms with Gasteiger partial charge in [0.05, 0.1) is 12.2 Å². The van der Waals surface area contributed by atoms with Gasteiger partial charge in [-0.1, -0.05) is 0 Å². The SMILES string of the molecule is O=C1CC[C@@H]2[C@H]3C[C@H]4CC[C@@]12[C@H]4[C@H](O)[C@@H]3O. The zero-order valence-electron chi connectivity index (χ0n) is 9.30. The zero-order chi connectivity index (χ0) is 11.1. The number of ketones is 1. The van der Waals surface area contributed by atoms with Gasteiger partial charge in [0.15, 0.2) is 0 Å². The van der Waals surface area contributed by atoms with Crippen LogP contribution < -0.4 is 0 Å². The molecule has 5 aliphatic rings. The number of rotatable bonds is 0. The second-order valence-corrected chi connectivity index (χ2v) is 6.31. The van der Waals surface area contributed by atoms with Crippen LogP contribution in [-0.4, -0.2) is 28.2 Å². The van der Waals surface area contributed by atoms with Crippen molar-refractivity contribution in [2.24, 2.45) is 29.1 Å².